The van der Waals surface area contributed by atoms with E-state index in [0.717, 1.165) is 0 Å². The maximum absolute atomic E-state index is 13.8. The topological polar surface area (TPSA) is 80.5 Å². The van der Waals surface area contributed by atoms with E-state index in [-0.39, 0.29) is 18.2 Å². The van der Waals surface area contributed by atoms with Crippen LogP contribution in [0, 0.1) is 5.82 Å². The molecule has 2 atom stereocenters. The fraction of sp³-hybridized carbons (Fsp3) is 0.278. The van der Waals surface area contributed by atoms with Crippen LogP contribution in [0.15, 0.2) is 36.7 Å². The molecule has 0 unspecified atom stereocenters. The Morgan fingerprint density at radius 2 is 2.19 bits per heavy atom. The minimum Gasteiger partial charge on any atom is -0.491 e. The van der Waals surface area contributed by atoms with E-state index in [0.29, 0.717) is 22.8 Å². The summed E-state index contributed by atoms with van der Waals surface area (Å²) in [6.07, 6.45) is 3.04. The summed E-state index contributed by atoms with van der Waals surface area (Å²) in [5, 5.41) is 9.85. The number of hydrogen-bond acceptors (Lipinski definition) is 5. The van der Waals surface area contributed by atoms with E-state index in [1.54, 1.807) is 12.3 Å². The van der Waals surface area contributed by atoms with E-state index >= 15 is 0 Å². The summed E-state index contributed by atoms with van der Waals surface area (Å²) in [4.78, 5) is 17.0. The van der Waals surface area contributed by atoms with E-state index < -0.39 is 24.4 Å². The van der Waals surface area contributed by atoms with Crippen molar-refractivity contribution in [2.24, 2.45) is 0 Å². The second-order valence-electron chi connectivity index (χ2n) is 6.32. The molecule has 1 aromatic carbocycles. The number of carbonyl (C=O) groups excluding carboxylic acids is 1. The molecule has 0 fully saturated rings. The number of halogens is 2. The second kappa shape index (κ2) is 6.82. The summed E-state index contributed by atoms with van der Waals surface area (Å²) in [6, 6.07) is 4.61. The van der Waals surface area contributed by atoms with Gasteiger partial charge in [0.15, 0.2) is 5.65 Å². The van der Waals surface area contributed by atoms with Crippen LogP contribution in [0.5, 0.6) is 5.75 Å². The number of nitrogens with one attached hydrogen (secondary N) is 2. The number of alkyl halides is 1. The molecule has 9 heteroatoms. The van der Waals surface area contributed by atoms with Crippen LogP contribution in [0.25, 0.3) is 5.65 Å². The summed E-state index contributed by atoms with van der Waals surface area (Å²) in [5.74, 6) is -0.00635. The van der Waals surface area contributed by atoms with Crippen LogP contribution in [0.1, 0.15) is 28.9 Å². The standard InChI is InChI=1S/C18H17F2N5O2/c1-10-13-6-11(20)2-3-15(13)27-9-12(7-19)23-18(26)14-8-21-25-5-4-16(22-10)24-17(14)25/h2-6,8,10,12H,7,9H2,1H3,(H,22,24)(H,23,26)/t10-,12-/m1/s1. The number of aromatic nitrogens is 3. The molecule has 1 amide bonds. The first kappa shape index (κ1) is 17.2. The predicted octanol–water partition coefficient (Wildman–Crippen LogP) is 2.50. The fourth-order valence-electron chi connectivity index (χ4n) is 2.98. The number of nitrogens with zero attached hydrogens (tertiary/aromatic N) is 3. The summed E-state index contributed by atoms with van der Waals surface area (Å²) in [5.41, 5.74) is 1.13. The SMILES string of the molecule is C[C@H]1Nc2ccn3ncc(c3n2)C(=O)N[C@H](CF)COc2ccc(F)cc21. The number of hydrogen-bond donors (Lipinski definition) is 2. The minimum atomic E-state index is -0.863. The third-order valence-corrected chi connectivity index (χ3v) is 4.38. The van der Waals surface area contributed by atoms with Crippen molar-refractivity contribution < 1.29 is 18.3 Å². The highest BCUT2D eigenvalue weighted by Gasteiger charge is 2.22. The summed E-state index contributed by atoms with van der Waals surface area (Å²) >= 11 is 0. The van der Waals surface area contributed by atoms with Gasteiger partial charge >= 0.3 is 0 Å². The Hall–Kier alpha value is -3.23. The monoisotopic (exact) mass is 373 g/mol. The average molecular weight is 373 g/mol. The van der Waals surface area contributed by atoms with Crippen molar-refractivity contribution in [2.75, 3.05) is 18.6 Å². The molecular formula is C18H17F2N5O2. The van der Waals surface area contributed by atoms with Crippen molar-refractivity contribution in [2.45, 2.75) is 19.0 Å². The molecule has 2 N–H and O–H groups in total. The smallest absolute Gasteiger partial charge is 0.257 e. The lowest BCUT2D eigenvalue weighted by Gasteiger charge is -2.20. The molecule has 3 heterocycles. The molecule has 0 saturated heterocycles. The zero-order valence-electron chi connectivity index (χ0n) is 14.4. The highest BCUT2D eigenvalue weighted by Crippen LogP contribution is 2.29. The molecule has 27 heavy (non-hydrogen) atoms. The molecule has 7 nitrogen and oxygen atoms in total. The first-order chi connectivity index (χ1) is 13.0. The Labute approximate surface area is 153 Å². The largest absolute Gasteiger partial charge is 0.491 e. The fourth-order valence-corrected chi connectivity index (χ4v) is 2.98. The zero-order chi connectivity index (χ0) is 19.0. The van der Waals surface area contributed by atoms with Gasteiger partial charge in [-0.25, -0.2) is 18.3 Å². The van der Waals surface area contributed by atoms with Gasteiger partial charge in [0.05, 0.1) is 18.3 Å². The van der Waals surface area contributed by atoms with Crippen LogP contribution in [0.2, 0.25) is 0 Å². The van der Waals surface area contributed by atoms with Gasteiger partial charge in [-0.05, 0) is 31.2 Å². The summed E-state index contributed by atoms with van der Waals surface area (Å²) in [6.45, 7) is 0.928. The van der Waals surface area contributed by atoms with Gasteiger partial charge < -0.3 is 15.4 Å². The quantitative estimate of drug-likeness (QED) is 0.685. The van der Waals surface area contributed by atoms with Gasteiger partial charge in [-0.3, -0.25) is 4.79 Å². The van der Waals surface area contributed by atoms with Crippen LogP contribution in [-0.2, 0) is 0 Å². The first-order valence-electron chi connectivity index (χ1n) is 8.45. The highest BCUT2D eigenvalue weighted by molar-refractivity contribution is 5.99. The van der Waals surface area contributed by atoms with Crippen molar-refractivity contribution in [3.05, 3.63) is 53.6 Å². The maximum atomic E-state index is 13.8. The number of carbonyl (C=O) groups is 1. The van der Waals surface area contributed by atoms with Gasteiger partial charge in [0.1, 0.15) is 36.2 Å². The molecule has 0 saturated carbocycles. The van der Waals surface area contributed by atoms with Crippen LogP contribution in [0.4, 0.5) is 14.6 Å². The molecule has 3 aromatic rings. The molecule has 0 spiro atoms. The number of benzene rings is 1. The van der Waals surface area contributed by atoms with Crippen molar-refractivity contribution in [1.82, 2.24) is 19.9 Å². The summed E-state index contributed by atoms with van der Waals surface area (Å²) in [7, 11) is 0. The average Bonchev–Trinajstić information content (AvgIpc) is 3.08. The Balaban J connectivity index is 1.82. The second-order valence-corrected chi connectivity index (χ2v) is 6.32. The van der Waals surface area contributed by atoms with Crippen LogP contribution in [0.3, 0.4) is 0 Å². The lowest BCUT2D eigenvalue weighted by Crippen LogP contribution is -2.40. The summed E-state index contributed by atoms with van der Waals surface area (Å²) < 4.78 is 34.3. The number of anilines is 1. The van der Waals surface area contributed by atoms with Gasteiger partial charge in [0.2, 0.25) is 0 Å². The van der Waals surface area contributed by atoms with E-state index in [9.17, 15) is 13.6 Å². The van der Waals surface area contributed by atoms with Crippen molar-refractivity contribution in [3.63, 3.8) is 0 Å². The third-order valence-electron chi connectivity index (χ3n) is 4.38. The Kier molecular flexibility index (Phi) is 4.35. The van der Waals surface area contributed by atoms with E-state index in [2.05, 4.69) is 20.7 Å². The highest BCUT2D eigenvalue weighted by atomic mass is 19.1. The van der Waals surface area contributed by atoms with Gasteiger partial charge in [0.25, 0.3) is 5.91 Å². The van der Waals surface area contributed by atoms with Crippen LogP contribution in [-0.4, -0.2) is 39.8 Å². The zero-order valence-corrected chi connectivity index (χ0v) is 14.4. The number of ether oxygens (including phenoxy) is 1. The molecule has 2 bridgehead atoms. The maximum Gasteiger partial charge on any atom is 0.257 e. The van der Waals surface area contributed by atoms with Crippen LogP contribution >= 0.6 is 0 Å². The molecular weight excluding hydrogens is 356 g/mol. The number of fused-ring (bicyclic) bond motifs is 2. The lowest BCUT2D eigenvalue weighted by molar-refractivity contribution is 0.0912. The Morgan fingerprint density at radius 1 is 1.33 bits per heavy atom. The first-order valence-corrected chi connectivity index (χ1v) is 8.45. The van der Waals surface area contributed by atoms with Crippen LogP contribution < -0.4 is 15.4 Å². The Bertz CT molecular complexity index is 1010. The van der Waals surface area contributed by atoms with Gasteiger partial charge in [-0.1, -0.05) is 0 Å². The molecule has 0 aliphatic carbocycles. The van der Waals surface area contributed by atoms with Crippen molar-refractivity contribution in [1.29, 1.82) is 0 Å². The molecule has 4 rings (SSSR count). The van der Waals surface area contributed by atoms with Crippen molar-refractivity contribution >= 4 is 17.4 Å². The van der Waals surface area contributed by atoms with E-state index in [1.807, 2.05) is 6.92 Å². The molecule has 1 aliphatic heterocycles. The number of rotatable bonds is 1. The Morgan fingerprint density at radius 3 is 3.00 bits per heavy atom. The molecule has 0 radical (unpaired) electrons. The molecule has 140 valence electrons. The normalized spacial score (nSPS) is 19.9. The van der Waals surface area contributed by atoms with Gasteiger partial charge in [-0.15, -0.1) is 0 Å². The predicted molar refractivity (Wildman–Crippen MR) is 94.1 cm³/mol. The number of amides is 1. The molecule has 1 aliphatic rings. The van der Waals surface area contributed by atoms with Gasteiger partial charge in [-0.2, -0.15) is 5.10 Å². The van der Waals surface area contributed by atoms with E-state index in [1.165, 1.54) is 28.9 Å². The van der Waals surface area contributed by atoms with Crippen molar-refractivity contribution in [3.8, 4) is 5.75 Å². The minimum absolute atomic E-state index is 0.0942. The third kappa shape index (κ3) is 3.27. The van der Waals surface area contributed by atoms with Gasteiger partial charge in [0, 0.05) is 11.8 Å². The lowest BCUT2D eigenvalue weighted by atomic mass is 10.1. The van der Waals surface area contributed by atoms with E-state index in [4.69, 9.17) is 4.74 Å². The molecule has 2 aromatic heterocycles.